The Hall–Kier alpha value is -1.88. The predicted octanol–water partition coefficient (Wildman–Crippen LogP) is 3.16. The lowest BCUT2D eigenvalue weighted by atomic mass is 9.85. The lowest BCUT2D eigenvalue weighted by molar-refractivity contribution is 0.393. The number of hydrogen-bond donors (Lipinski definition) is 2. The van der Waals surface area contributed by atoms with Crippen molar-refractivity contribution in [2.75, 3.05) is 30.1 Å². The van der Waals surface area contributed by atoms with Crippen LogP contribution in [0.5, 0.6) is 0 Å². The van der Waals surface area contributed by atoms with Gasteiger partial charge in [0.15, 0.2) is 5.82 Å². The molecule has 132 valence electrons. The second kappa shape index (κ2) is 5.07. The van der Waals surface area contributed by atoms with Crippen LogP contribution in [0.4, 0.5) is 17.6 Å². The van der Waals surface area contributed by atoms with Gasteiger partial charge < -0.3 is 14.8 Å². The highest BCUT2D eigenvalue weighted by Crippen LogP contribution is 2.66. The molecule has 2 aromatic rings. The summed E-state index contributed by atoms with van der Waals surface area (Å²) in [5.41, 5.74) is 1.20. The molecular weight excluding hydrogens is 335 g/mol. The normalized spacial score (nSPS) is 28.1. The van der Waals surface area contributed by atoms with Gasteiger partial charge >= 0.3 is 0 Å². The average Bonchev–Trinajstić information content (AvgIpc) is 2.99. The van der Waals surface area contributed by atoms with Crippen LogP contribution in [-0.2, 0) is 4.57 Å². The standard InChI is InChI=1S/C17H23N6OP/c1-25(2,24)17-8-12(9-17)23(10-17)16-18-6-5-14(20-16)19-15-7-13(21-22-15)11-3-4-11/h5-7,11-12H,3-4,8-10H2,1-2H3,(H2,18,19,20,21,22). The summed E-state index contributed by atoms with van der Waals surface area (Å²) in [6.07, 6.45) is 6.27. The van der Waals surface area contributed by atoms with E-state index < -0.39 is 7.14 Å². The molecule has 0 spiro atoms. The Morgan fingerprint density at radius 1 is 1.32 bits per heavy atom. The summed E-state index contributed by atoms with van der Waals surface area (Å²) in [6.45, 7) is 4.64. The highest BCUT2D eigenvalue weighted by atomic mass is 31.2. The summed E-state index contributed by atoms with van der Waals surface area (Å²) in [6, 6.07) is 4.34. The Bertz CT molecular complexity index is 864. The van der Waals surface area contributed by atoms with Gasteiger partial charge in [0.25, 0.3) is 0 Å². The Labute approximate surface area is 147 Å². The molecule has 0 amide bonds. The van der Waals surface area contributed by atoms with Gasteiger partial charge in [-0.2, -0.15) is 10.1 Å². The molecule has 0 unspecified atom stereocenters. The van der Waals surface area contributed by atoms with Crippen molar-refractivity contribution in [3.05, 3.63) is 24.0 Å². The maximum absolute atomic E-state index is 12.6. The van der Waals surface area contributed by atoms with E-state index in [0.29, 0.717) is 12.0 Å². The van der Waals surface area contributed by atoms with E-state index in [0.717, 1.165) is 37.0 Å². The SMILES string of the molecule is CP(C)(=O)C12CC(C1)N(c1nccc(Nc3cc(C4CC4)[nH]n3)n1)C2. The van der Waals surface area contributed by atoms with Crippen LogP contribution >= 0.6 is 7.14 Å². The van der Waals surface area contributed by atoms with Gasteiger partial charge in [0, 0.05) is 41.6 Å². The third-order valence-corrected chi connectivity index (χ3v) is 8.84. The Kier molecular flexibility index (Phi) is 3.12. The van der Waals surface area contributed by atoms with Gasteiger partial charge in [-0.1, -0.05) is 0 Å². The highest BCUT2D eigenvalue weighted by Gasteiger charge is 2.61. The first-order chi connectivity index (χ1) is 11.9. The van der Waals surface area contributed by atoms with E-state index in [1.54, 1.807) is 6.20 Å². The summed E-state index contributed by atoms with van der Waals surface area (Å²) in [4.78, 5) is 11.4. The van der Waals surface area contributed by atoms with E-state index in [1.165, 1.54) is 18.5 Å². The molecular formula is C17H23N6OP. The number of nitrogens with one attached hydrogen (secondary N) is 2. The van der Waals surface area contributed by atoms with Gasteiger partial charge in [0.05, 0.1) is 7.14 Å². The summed E-state index contributed by atoms with van der Waals surface area (Å²) in [7, 11) is -2.11. The molecule has 0 radical (unpaired) electrons. The maximum atomic E-state index is 12.6. The molecule has 2 N–H and O–H groups in total. The lowest BCUT2D eigenvalue weighted by Crippen LogP contribution is -2.40. The van der Waals surface area contributed by atoms with Crippen molar-refractivity contribution >= 4 is 24.7 Å². The quantitative estimate of drug-likeness (QED) is 0.799. The van der Waals surface area contributed by atoms with E-state index in [-0.39, 0.29) is 5.16 Å². The van der Waals surface area contributed by atoms with Crippen LogP contribution in [0.15, 0.2) is 18.3 Å². The molecule has 2 saturated heterocycles. The molecule has 2 aliphatic carbocycles. The molecule has 4 fully saturated rings. The van der Waals surface area contributed by atoms with Gasteiger partial charge in [-0.3, -0.25) is 5.10 Å². The van der Waals surface area contributed by atoms with E-state index in [1.807, 2.05) is 19.4 Å². The van der Waals surface area contributed by atoms with Crippen molar-refractivity contribution in [3.8, 4) is 0 Å². The molecule has 0 aromatic carbocycles. The van der Waals surface area contributed by atoms with Crippen LogP contribution < -0.4 is 10.2 Å². The van der Waals surface area contributed by atoms with Crippen molar-refractivity contribution in [2.45, 2.75) is 42.8 Å². The molecule has 2 saturated carbocycles. The smallest absolute Gasteiger partial charge is 0.227 e. The Balaban J connectivity index is 1.34. The minimum Gasteiger partial charge on any atom is -0.337 e. The molecule has 7 nitrogen and oxygen atoms in total. The minimum absolute atomic E-state index is 0.0220. The van der Waals surface area contributed by atoms with Gasteiger partial charge in [0.2, 0.25) is 5.95 Å². The molecule has 4 heterocycles. The van der Waals surface area contributed by atoms with Crippen molar-refractivity contribution in [2.24, 2.45) is 0 Å². The Morgan fingerprint density at radius 2 is 2.12 bits per heavy atom. The second-order valence-corrected chi connectivity index (χ2v) is 11.8. The molecule has 4 aliphatic rings. The fraction of sp³-hybridized carbons (Fsp3) is 0.588. The molecule has 2 aromatic heterocycles. The van der Waals surface area contributed by atoms with Crippen LogP contribution in [0.25, 0.3) is 0 Å². The maximum Gasteiger partial charge on any atom is 0.227 e. The summed E-state index contributed by atoms with van der Waals surface area (Å²) in [5, 5.41) is 10.7. The number of fused-ring (bicyclic) bond motifs is 1. The Morgan fingerprint density at radius 3 is 2.80 bits per heavy atom. The largest absolute Gasteiger partial charge is 0.337 e. The van der Waals surface area contributed by atoms with Crippen molar-refractivity contribution in [1.29, 1.82) is 0 Å². The van der Waals surface area contributed by atoms with Crippen LogP contribution in [0.2, 0.25) is 0 Å². The number of aromatic amines is 1. The van der Waals surface area contributed by atoms with Crippen molar-refractivity contribution in [3.63, 3.8) is 0 Å². The number of rotatable bonds is 5. The zero-order valence-electron chi connectivity index (χ0n) is 14.6. The summed E-state index contributed by atoms with van der Waals surface area (Å²) < 4.78 is 12.6. The van der Waals surface area contributed by atoms with E-state index >= 15 is 0 Å². The highest BCUT2D eigenvalue weighted by molar-refractivity contribution is 7.64. The minimum atomic E-state index is -2.11. The molecule has 8 heteroatoms. The third-order valence-electron chi connectivity index (χ3n) is 6.05. The molecule has 2 aliphatic heterocycles. The topological polar surface area (TPSA) is 86.8 Å². The zero-order chi connectivity index (χ0) is 17.2. The van der Waals surface area contributed by atoms with Crippen LogP contribution in [-0.4, -0.2) is 51.2 Å². The zero-order valence-corrected chi connectivity index (χ0v) is 15.5. The summed E-state index contributed by atoms with van der Waals surface area (Å²) >= 11 is 0. The average molecular weight is 358 g/mol. The van der Waals surface area contributed by atoms with E-state index in [2.05, 4.69) is 36.4 Å². The van der Waals surface area contributed by atoms with E-state index in [4.69, 9.17) is 0 Å². The third kappa shape index (κ3) is 2.48. The molecule has 6 rings (SSSR count). The van der Waals surface area contributed by atoms with Crippen molar-refractivity contribution < 1.29 is 4.57 Å². The van der Waals surface area contributed by atoms with Crippen LogP contribution in [0.1, 0.15) is 37.3 Å². The fourth-order valence-electron chi connectivity index (χ4n) is 4.15. The number of H-pyrrole nitrogens is 1. The van der Waals surface area contributed by atoms with Crippen molar-refractivity contribution in [1.82, 2.24) is 20.2 Å². The number of nitrogens with zero attached hydrogens (tertiary/aromatic N) is 4. The monoisotopic (exact) mass is 358 g/mol. The first-order valence-electron chi connectivity index (χ1n) is 8.91. The molecule has 25 heavy (non-hydrogen) atoms. The van der Waals surface area contributed by atoms with Gasteiger partial charge in [-0.25, -0.2) is 4.98 Å². The predicted molar refractivity (Wildman–Crippen MR) is 98.4 cm³/mol. The molecule has 0 atom stereocenters. The fourth-order valence-corrected chi connectivity index (χ4v) is 5.94. The van der Waals surface area contributed by atoms with E-state index in [9.17, 15) is 4.57 Å². The first-order valence-corrected chi connectivity index (χ1v) is 11.5. The second-order valence-electron chi connectivity index (χ2n) is 8.11. The van der Waals surface area contributed by atoms with Gasteiger partial charge in [0.1, 0.15) is 5.82 Å². The first kappa shape index (κ1) is 15.4. The number of aromatic nitrogens is 4. The summed E-state index contributed by atoms with van der Waals surface area (Å²) in [5.74, 6) is 2.91. The number of hydrogen-bond acceptors (Lipinski definition) is 6. The molecule has 2 bridgehead atoms. The van der Waals surface area contributed by atoms with Gasteiger partial charge in [-0.05, 0) is 45.1 Å². The number of anilines is 3. The lowest BCUT2D eigenvalue weighted by Gasteiger charge is -2.39. The van der Waals surface area contributed by atoms with Crippen LogP contribution in [0, 0.1) is 0 Å². The van der Waals surface area contributed by atoms with Crippen LogP contribution in [0.3, 0.4) is 0 Å². The van der Waals surface area contributed by atoms with Gasteiger partial charge in [-0.15, -0.1) is 0 Å².